The molecule has 0 saturated carbocycles. The molecule has 0 fully saturated rings. The first-order valence-corrected chi connectivity index (χ1v) is 7.05. The molecule has 0 spiro atoms. The van der Waals surface area contributed by atoms with Gasteiger partial charge in [0.25, 0.3) is 0 Å². The van der Waals surface area contributed by atoms with E-state index in [1.54, 1.807) is 6.07 Å². The van der Waals surface area contributed by atoms with Crippen molar-refractivity contribution in [3.05, 3.63) is 70.1 Å². The Balaban J connectivity index is 2.23. The maximum absolute atomic E-state index is 9.50. The van der Waals surface area contributed by atoms with E-state index < -0.39 is 0 Å². The van der Waals surface area contributed by atoms with E-state index in [0.29, 0.717) is 17.0 Å². The van der Waals surface area contributed by atoms with Crippen LogP contribution in [0.15, 0.2) is 47.9 Å². The summed E-state index contributed by atoms with van der Waals surface area (Å²) in [5.41, 5.74) is 17.1. The van der Waals surface area contributed by atoms with Crippen LogP contribution in [0.1, 0.15) is 28.2 Å². The number of nitriles is 1. The quantitative estimate of drug-likeness (QED) is 0.791. The summed E-state index contributed by atoms with van der Waals surface area (Å²) >= 11 is 0. The van der Waals surface area contributed by atoms with Crippen LogP contribution in [0.4, 0.5) is 5.69 Å². The highest BCUT2D eigenvalue weighted by Gasteiger charge is 2.30. The smallest absolute Gasteiger partial charge is 0.205 e. The third-order valence-corrected chi connectivity index (χ3v) is 4.11. The molecule has 0 unspecified atom stereocenters. The van der Waals surface area contributed by atoms with Crippen LogP contribution in [0.25, 0.3) is 0 Å². The van der Waals surface area contributed by atoms with Crippen LogP contribution in [-0.2, 0) is 0 Å². The van der Waals surface area contributed by atoms with Gasteiger partial charge in [0.05, 0.1) is 5.92 Å². The second-order valence-corrected chi connectivity index (χ2v) is 5.57. The summed E-state index contributed by atoms with van der Waals surface area (Å²) in [4.78, 5) is 0. The van der Waals surface area contributed by atoms with E-state index in [1.165, 1.54) is 11.1 Å². The van der Waals surface area contributed by atoms with Crippen LogP contribution in [0.2, 0.25) is 0 Å². The number of benzene rings is 2. The van der Waals surface area contributed by atoms with Crippen molar-refractivity contribution < 1.29 is 4.74 Å². The minimum atomic E-state index is -0.228. The number of nitrogen functional groups attached to an aromatic ring is 1. The monoisotopic (exact) mass is 291 g/mol. The van der Waals surface area contributed by atoms with Gasteiger partial charge in [-0.05, 0) is 36.6 Å². The zero-order valence-corrected chi connectivity index (χ0v) is 12.6. The highest BCUT2D eigenvalue weighted by atomic mass is 16.5. The molecule has 3 rings (SSSR count). The predicted molar refractivity (Wildman–Crippen MR) is 86.1 cm³/mol. The lowest BCUT2D eigenvalue weighted by Gasteiger charge is -2.27. The molecule has 4 nitrogen and oxygen atoms in total. The Kier molecular flexibility index (Phi) is 3.26. The van der Waals surface area contributed by atoms with Gasteiger partial charge in [-0.15, -0.1) is 0 Å². The molecule has 0 amide bonds. The first-order valence-electron chi connectivity index (χ1n) is 7.05. The fourth-order valence-electron chi connectivity index (χ4n) is 2.76. The summed E-state index contributed by atoms with van der Waals surface area (Å²) in [7, 11) is 0. The maximum atomic E-state index is 9.50. The van der Waals surface area contributed by atoms with Gasteiger partial charge in [0.15, 0.2) is 0 Å². The zero-order chi connectivity index (χ0) is 15.9. The molecule has 0 radical (unpaired) electrons. The molecule has 1 atom stereocenters. The van der Waals surface area contributed by atoms with Gasteiger partial charge in [0, 0.05) is 17.3 Å². The number of anilines is 1. The van der Waals surface area contributed by atoms with Crippen molar-refractivity contribution in [2.45, 2.75) is 19.8 Å². The topological polar surface area (TPSA) is 85.1 Å². The van der Waals surface area contributed by atoms with Gasteiger partial charge in [0.2, 0.25) is 5.88 Å². The normalized spacial score (nSPS) is 16.7. The number of fused-ring (bicyclic) bond motifs is 1. The summed E-state index contributed by atoms with van der Waals surface area (Å²) in [6.07, 6.45) is 0. The number of hydrogen-bond acceptors (Lipinski definition) is 4. The number of rotatable bonds is 1. The molecular weight excluding hydrogens is 274 g/mol. The fraction of sp³-hybridized carbons (Fsp3) is 0.167. The Bertz CT molecular complexity index is 831. The zero-order valence-electron chi connectivity index (χ0n) is 12.6. The molecule has 22 heavy (non-hydrogen) atoms. The van der Waals surface area contributed by atoms with Gasteiger partial charge in [-0.2, -0.15) is 5.26 Å². The number of ether oxygens (including phenoxy) is 1. The summed E-state index contributed by atoms with van der Waals surface area (Å²) in [5.74, 6) is 0.525. The van der Waals surface area contributed by atoms with E-state index in [0.717, 1.165) is 11.1 Å². The van der Waals surface area contributed by atoms with Crippen LogP contribution in [0.5, 0.6) is 5.75 Å². The molecule has 0 aliphatic carbocycles. The first-order chi connectivity index (χ1) is 10.5. The third kappa shape index (κ3) is 2.17. The Morgan fingerprint density at radius 1 is 1.05 bits per heavy atom. The Hall–Kier alpha value is -2.93. The number of allylic oxidation sites excluding steroid dienone is 1. The molecule has 4 heteroatoms. The number of nitrogens with zero attached hydrogens (tertiary/aromatic N) is 1. The molecule has 4 N–H and O–H groups in total. The Morgan fingerprint density at radius 2 is 1.82 bits per heavy atom. The van der Waals surface area contributed by atoms with Crippen molar-refractivity contribution in [1.82, 2.24) is 0 Å². The van der Waals surface area contributed by atoms with Crippen LogP contribution in [-0.4, -0.2) is 0 Å². The predicted octanol–water partition coefficient (Wildman–Crippen LogP) is 3.10. The van der Waals surface area contributed by atoms with E-state index >= 15 is 0 Å². The van der Waals surface area contributed by atoms with Crippen LogP contribution < -0.4 is 16.2 Å². The van der Waals surface area contributed by atoms with Gasteiger partial charge in [-0.25, -0.2) is 0 Å². The summed E-state index contributed by atoms with van der Waals surface area (Å²) in [5, 5.41) is 9.50. The number of hydrogen-bond donors (Lipinski definition) is 2. The SMILES string of the molecule is Cc1ccc([C@H]2C(C#N)=C(N)Oc3cc(N)ccc32)cc1C. The summed E-state index contributed by atoms with van der Waals surface area (Å²) < 4.78 is 5.58. The maximum Gasteiger partial charge on any atom is 0.205 e. The lowest BCUT2D eigenvalue weighted by atomic mass is 9.82. The van der Waals surface area contributed by atoms with Gasteiger partial charge in [-0.1, -0.05) is 24.3 Å². The molecule has 0 saturated heterocycles. The Labute approximate surface area is 129 Å². The van der Waals surface area contributed by atoms with Crippen molar-refractivity contribution in [2.75, 3.05) is 5.73 Å². The minimum Gasteiger partial charge on any atom is -0.440 e. The van der Waals surface area contributed by atoms with E-state index in [1.807, 2.05) is 18.2 Å². The van der Waals surface area contributed by atoms with Crippen molar-refractivity contribution in [2.24, 2.45) is 5.73 Å². The second-order valence-electron chi connectivity index (χ2n) is 5.57. The lowest BCUT2D eigenvalue weighted by molar-refractivity contribution is 0.394. The number of nitrogens with two attached hydrogens (primary N) is 2. The molecule has 1 aliphatic rings. The molecule has 2 aromatic carbocycles. The average Bonchev–Trinajstić information content (AvgIpc) is 2.48. The minimum absolute atomic E-state index is 0.142. The first kappa shape index (κ1) is 14.0. The van der Waals surface area contributed by atoms with E-state index in [4.69, 9.17) is 16.2 Å². The van der Waals surface area contributed by atoms with Crippen molar-refractivity contribution in [3.63, 3.8) is 0 Å². The van der Waals surface area contributed by atoms with Crippen molar-refractivity contribution >= 4 is 5.69 Å². The van der Waals surface area contributed by atoms with Gasteiger partial charge in [0.1, 0.15) is 17.4 Å². The molecule has 0 bridgehead atoms. The molecular formula is C18H17N3O. The molecule has 1 aliphatic heterocycles. The summed E-state index contributed by atoms with van der Waals surface area (Å²) in [6.45, 7) is 4.12. The third-order valence-electron chi connectivity index (χ3n) is 4.11. The lowest BCUT2D eigenvalue weighted by Crippen LogP contribution is -2.21. The highest BCUT2D eigenvalue weighted by molar-refractivity contribution is 5.59. The highest BCUT2D eigenvalue weighted by Crippen LogP contribution is 2.42. The van der Waals surface area contributed by atoms with Crippen molar-refractivity contribution in [1.29, 1.82) is 5.26 Å². The standard InChI is InChI=1S/C18H17N3O/c1-10-3-4-12(7-11(10)2)17-14-6-5-13(20)8-16(14)22-18(21)15(17)9-19/h3-8,17H,20-21H2,1-2H3/t17-/m1/s1. The van der Waals surface area contributed by atoms with Gasteiger partial charge in [-0.3, -0.25) is 0 Å². The van der Waals surface area contributed by atoms with E-state index in [9.17, 15) is 5.26 Å². The fourth-order valence-corrected chi connectivity index (χ4v) is 2.76. The van der Waals surface area contributed by atoms with Crippen molar-refractivity contribution in [3.8, 4) is 11.8 Å². The van der Waals surface area contributed by atoms with Gasteiger partial charge < -0.3 is 16.2 Å². The number of aryl methyl sites for hydroxylation is 2. The molecule has 2 aromatic rings. The van der Waals surface area contributed by atoms with Crippen LogP contribution in [0.3, 0.4) is 0 Å². The largest absolute Gasteiger partial charge is 0.440 e. The molecule has 0 aromatic heterocycles. The van der Waals surface area contributed by atoms with Gasteiger partial charge >= 0.3 is 0 Å². The molecule has 110 valence electrons. The van der Waals surface area contributed by atoms with E-state index in [2.05, 4.69) is 32.0 Å². The second kappa shape index (κ2) is 5.12. The summed E-state index contributed by atoms with van der Waals surface area (Å²) in [6, 6.07) is 13.8. The van der Waals surface area contributed by atoms with Crippen LogP contribution >= 0.6 is 0 Å². The average molecular weight is 291 g/mol. The van der Waals surface area contributed by atoms with Crippen LogP contribution in [0, 0.1) is 25.2 Å². The Morgan fingerprint density at radius 3 is 2.50 bits per heavy atom. The van der Waals surface area contributed by atoms with E-state index in [-0.39, 0.29) is 11.8 Å². The molecule has 1 heterocycles.